The molecule has 0 aromatic carbocycles. The monoisotopic (exact) mass is 256 g/mol. The highest BCUT2D eigenvalue weighted by Gasteiger charge is 2.45. The van der Waals surface area contributed by atoms with Crippen LogP contribution < -0.4 is 5.73 Å². The van der Waals surface area contributed by atoms with Crippen molar-refractivity contribution in [2.24, 2.45) is 5.73 Å². The largest absolute Gasteiger partial charge is 0.380 e. The quantitative estimate of drug-likeness (QED) is 0.733. The normalized spacial score (nSPS) is 37.8. The van der Waals surface area contributed by atoms with Crippen molar-refractivity contribution < 1.29 is 14.2 Å². The van der Waals surface area contributed by atoms with Crippen molar-refractivity contribution in [3.8, 4) is 0 Å². The Kier molecular flexibility index (Phi) is 3.86. The number of nitrogens with zero attached hydrogens (tertiary/aromatic N) is 1. The summed E-state index contributed by atoms with van der Waals surface area (Å²) in [7, 11) is 0. The second-order valence-electron chi connectivity index (χ2n) is 5.58. The van der Waals surface area contributed by atoms with E-state index in [4.69, 9.17) is 19.9 Å². The van der Waals surface area contributed by atoms with E-state index in [0.717, 1.165) is 65.2 Å². The lowest BCUT2D eigenvalue weighted by atomic mass is 9.85. The van der Waals surface area contributed by atoms with Crippen molar-refractivity contribution in [2.75, 3.05) is 39.5 Å². The summed E-state index contributed by atoms with van der Waals surface area (Å²) in [5.41, 5.74) is 6.32. The van der Waals surface area contributed by atoms with Crippen LogP contribution in [0.5, 0.6) is 0 Å². The highest BCUT2D eigenvalue weighted by Crippen LogP contribution is 2.37. The van der Waals surface area contributed by atoms with Gasteiger partial charge in [0, 0.05) is 44.6 Å². The molecular weight excluding hydrogens is 232 g/mol. The maximum Gasteiger partial charge on any atom is 0.170 e. The van der Waals surface area contributed by atoms with E-state index in [2.05, 4.69) is 4.90 Å². The van der Waals surface area contributed by atoms with E-state index in [0.29, 0.717) is 6.04 Å². The van der Waals surface area contributed by atoms with Gasteiger partial charge in [0.25, 0.3) is 0 Å². The summed E-state index contributed by atoms with van der Waals surface area (Å²) in [4.78, 5) is 2.48. The second-order valence-corrected chi connectivity index (χ2v) is 5.58. The number of hydrogen-bond acceptors (Lipinski definition) is 5. The van der Waals surface area contributed by atoms with Crippen LogP contribution in [-0.4, -0.2) is 62.3 Å². The van der Waals surface area contributed by atoms with Gasteiger partial charge in [-0.05, 0) is 12.8 Å². The summed E-state index contributed by atoms with van der Waals surface area (Å²) in [6.45, 7) is 5.20. The first-order valence-corrected chi connectivity index (χ1v) is 7.14. The van der Waals surface area contributed by atoms with Crippen LogP contribution >= 0.6 is 0 Å². The summed E-state index contributed by atoms with van der Waals surface area (Å²) < 4.78 is 17.2. The smallest absolute Gasteiger partial charge is 0.170 e. The standard InChI is InChI=1S/C13H24N2O3/c14-11-2-3-13(17-8-9-18-13)10-12(11)15-4-1-6-16-7-5-15/h11-12H,1-10,14H2. The molecule has 2 saturated heterocycles. The number of rotatable bonds is 1. The molecule has 0 aromatic rings. The molecule has 2 heterocycles. The Morgan fingerprint density at radius 3 is 2.72 bits per heavy atom. The predicted molar refractivity (Wildman–Crippen MR) is 67.3 cm³/mol. The Balaban J connectivity index is 1.68. The maximum atomic E-state index is 6.32. The van der Waals surface area contributed by atoms with Gasteiger partial charge in [-0.15, -0.1) is 0 Å². The van der Waals surface area contributed by atoms with E-state index in [1.54, 1.807) is 0 Å². The summed E-state index contributed by atoms with van der Waals surface area (Å²) in [5.74, 6) is -0.340. The minimum absolute atomic E-state index is 0.238. The number of hydrogen-bond donors (Lipinski definition) is 1. The van der Waals surface area contributed by atoms with Crippen LogP contribution in [0, 0.1) is 0 Å². The zero-order chi connectivity index (χ0) is 12.4. The molecule has 104 valence electrons. The fourth-order valence-electron chi connectivity index (χ4n) is 3.41. The van der Waals surface area contributed by atoms with Crippen LogP contribution in [0.2, 0.25) is 0 Å². The summed E-state index contributed by atoms with van der Waals surface area (Å²) in [6.07, 6.45) is 3.93. The van der Waals surface area contributed by atoms with Crippen molar-refractivity contribution >= 4 is 0 Å². The third kappa shape index (κ3) is 2.56. The van der Waals surface area contributed by atoms with Gasteiger partial charge in [-0.2, -0.15) is 0 Å². The zero-order valence-corrected chi connectivity index (χ0v) is 11.0. The zero-order valence-electron chi connectivity index (χ0n) is 11.0. The van der Waals surface area contributed by atoms with E-state index in [1.807, 2.05) is 0 Å². The van der Waals surface area contributed by atoms with Crippen LogP contribution in [0.1, 0.15) is 25.7 Å². The van der Waals surface area contributed by atoms with Crippen molar-refractivity contribution in [2.45, 2.75) is 43.6 Å². The van der Waals surface area contributed by atoms with E-state index < -0.39 is 0 Å². The van der Waals surface area contributed by atoms with Crippen LogP contribution in [0.3, 0.4) is 0 Å². The van der Waals surface area contributed by atoms with Gasteiger partial charge in [-0.3, -0.25) is 4.90 Å². The topological polar surface area (TPSA) is 57.0 Å². The average molecular weight is 256 g/mol. The van der Waals surface area contributed by atoms with Gasteiger partial charge < -0.3 is 19.9 Å². The molecule has 2 atom stereocenters. The molecule has 0 bridgehead atoms. The highest BCUT2D eigenvalue weighted by molar-refractivity contribution is 4.95. The molecule has 3 aliphatic rings. The lowest BCUT2D eigenvalue weighted by Crippen LogP contribution is -2.56. The van der Waals surface area contributed by atoms with Gasteiger partial charge in [0.15, 0.2) is 5.79 Å². The maximum absolute atomic E-state index is 6.32. The summed E-state index contributed by atoms with van der Waals surface area (Å²) in [6, 6.07) is 0.611. The Labute approximate surface area is 109 Å². The molecule has 5 nitrogen and oxygen atoms in total. The highest BCUT2D eigenvalue weighted by atomic mass is 16.7. The summed E-state index contributed by atoms with van der Waals surface area (Å²) >= 11 is 0. The van der Waals surface area contributed by atoms with Crippen LogP contribution in [-0.2, 0) is 14.2 Å². The minimum atomic E-state index is -0.340. The molecule has 2 N–H and O–H groups in total. The SMILES string of the molecule is NC1CCC2(CC1N1CCCOCC1)OCCO2. The second kappa shape index (κ2) is 5.43. The minimum Gasteiger partial charge on any atom is -0.380 e. The molecule has 0 amide bonds. The Hall–Kier alpha value is -0.200. The molecule has 1 saturated carbocycles. The Morgan fingerprint density at radius 1 is 1.06 bits per heavy atom. The third-order valence-electron chi connectivity index (χ3n) is 4.41. The van der Waals surface area contributed by atoms with Gasteiger partial charge in [0.2, 0.25) is 0 Å². The van der Waals surface area contributed by atoms with Gasteiger partial charge in [-0.25, -0.2) is 0 Å². The van der Waals surface area contributed by atoms with Gasteiger partial charge in [0.1, 0.15) is 0 Å². The van der Waals surface area contributed by atoms with Crippen LogP contribution in [0.4, 0.5) is 0 Å². The first-order chi connectivity index (χ1) is 8.79. The molecule has 3 fully saturated rings. The average Bonchev–Trinajstić information content (AvgIpc) is 2.66. The number of ether oxygens (including phenoxy) is 3. The summed E-state index contributed by atoms with van der Waals surface area (Å²) in [5, 5.41) is 0. The van der Waals surface area contributed by atoms with Crippen LogP contribution in [0.25, 0.3) is 0 Å². The van der Waals surface area contributed by atoms with Gasteiger partial charge in [0.05, 0.1) is 19.8 Å². The Bertz CT molecular complexity index is 273. The van der Waals surface area contributed by atoms with E-state index in [-0.39, 0.29) is 11.8 Å². The molecule has 2 aliphatic heterocycles. The number of nitrogens with two attached hydrogens (primary N) is 1. The fourth-order valence-corrected chi connectivity index (χ4v) is 3.41. The van der Waals surface area contributed by atoms with Crippen LogP contribution in [0.15, 0.2) is 0 Å². The molecular formula is C13H24N2O3. The van der Waals surface area contributed by atoms with Gasteiger partial charge in [-0.1, -0.05) is 0 Å². The van der Waals surface area contributed by atoms with E-state index in [9.17, 15) is 0 Å². The lowest BCUT2D eigenvalue weighted by molar-refractivity contribution is -0.191. The van der Waals surface area contributed by atoms with Crippen molar-refractivity contribution in [1.29, 1.82) is 0 Å². The van der Waals surface area contributed by atoms with Gasteiger partial charge >= 0.3 is 0 Å². The van der Waals surface area contributed by atoms with Crippen molar-refractivity contribution in [3.05, 3.63) is 0 Å². The van der Waals surface area contributed by atoms with Crippen molar-refractivity contribution in [3.63, 3.8) is 0 Å². The first kappa shape index (κ1) is 12.8. The molecule has 2 unspecified atom stereocenters. The first-order valence-electron chi connectivity index (χ1n) is 7.14. The lowest BCUT2D eigenvalue weighted by Gasteiger charge is -2.44. The predicted octanol–water partition coefficient (Wildman–Crippen LogP) is 0.332. The molecule has 18 heavy (non-hydrogen) atoms. The van der Waals surface area contributed by atoms with Crippen molar-refractivity contribution in [1.82, 2.24) is 4.90 Å². The molecule has 0 radical (unpaired) electrons. The van der Waals surface area contributed by atoms with E-state index >= 15 is 0 Å². The van der Waals surface area contributed by atoms with E-state index in [1.165, 1.54) is 0 Å². The molecule has 5 heteroatoms. The molecule has 1 aliphatic carbocycles. The fraction of sp³-hybridized carbons (Fsp3) is 1.00. The third-order valence-corrected chi connectivity index (χ3v) is 4.41. The Morgan fingerprint density at radius 2 is 1.89 bits per heavy atom. The molecule has 1 spiro atoms. The molecule has 0 aromatic heterocycles. The molecule has 3 rings (SSSR count).